The molecule has 4 rings (SSSR count). The zero-order valence-electron chi connectivity index (χ0n) is 12.3. The minimum Gasteiger partial charge on any atom is -0.447 e. The van der Waals surface area contributed by atoms with Gasteiger partial charge >= 0.3 is 0 Å². The molecule has 2 atom stereocenters. The molecule has 1 aromatic heterocycles. The van der Waals surface area contributed by atoms with Gasteiger partial charge in [-0.1, -0.05) is 0 Å². The molecule has 3 fully saturated rings. The van der Waals surface area contributed by atoms with E-state index < -0.39 is 5.41 Å². The first-order valence-electron chi connectivity index (χ1n) is 7.72. The predicted molar refractivity (Wildman–Crippen MR) is 74.9 cm³/mol. The molecule has 1 aromatic rings. The van der Waals surface area contributed by atoms with E-state index in [0.29, 0.717) is 50.1 Å². The molecule has 0 aromatic carbocycles. The standard InChI is InChI=1S/C15H19N3O4/c16-14(20)15-3-4-21-6-10(15)5-18(7-15)13(19)11-12(9-1-2-9)22-8-17-11/h8-10H,1-7H2,(H2,16,20)/t10-,15+/m1/s1. The third kappa shape index (κ3) is 1.95. The van der Waals surface area contributed by atoms with Crippen molar-refractivity contribution in [3.63, 3.8) is 0 Å². The monoisotopic (exact) mass is 305 g/mol. The topological polar surface area (TPSA) is 98.7 Å². The molecule has 0 unspecified atom stereocenters. The number of carbonyl (C=O) groups excluding carboxylic acids is 2. The molecule has 3 heterocycles. The average Bonchev–Trinajstić information content (AvgIpc) is 3.11. The van der Waals surface area contributed by atoms with Crippen LogP contribution in [0, 0.1) is 11.3 Å². The Hall–Kier alpha value is -1.89. The first-order valence-corrected chi connectivity index (χ1v) is 7.72. The first kappa shape index (κ1) is 13.8. The van der Waals surface area contributed by atoms with Gasteiger partial charge in [-0.05, 0) is 19.3 Å². The highest BCUT2D eigenvalue weighted by Crippen LogP contribution is 2.44. The van der Waals surface area contributed by atoms with E-state index >= 15 is 0 Å². The smallest absolute Gasteiger partial charge is 0.276 e. The average molecular weight is 305 g/mol. The zero-order valence-corrected chi connectivity index (χ0v) is 12.3. The molecule has 0 radical (unpaired) electrons. The van der Waals surface area contributed by atoms with E-state index in [1.165, 1.54) is 6.39 Å². The third-order valence-corrected chi connectivity index (χ3v) is 5.23. The minimum absolute atomic E-state index is 0.0287. The third-order valence-electron chi connectivity index (χ3n) is 5.23. The summed E-state index contributed by atoms with van der Waals surface area (Å²) in [6.07, 6.45) is 3.98. The van der Waals surface area contributed by atoms with Gasteiger partial charge in [0.2, 0.25) is 5.91 Å². The van der Waals surface area contributed by atoms with Gasteiger partial charge in [0.15, 0.2) is 12.1 Å². The van der Waals surface area contributed by atoms with Gasteiger partial charge in [0, 0.05) is 31.5 Å². The second-order valence-corrected chi connectivity index (χ2v) is 6.57. The summed E-state index contributed by atoms with van der Waals surface area (Å²) in [6, 6.07) is 0. The van der Waals surface area contributed by atoms with Gasteiger partial charge in [-0.15, -0.1) is 0 Å². The van der Waals surface area contributed by atoms with Crippen LogP contribution in [-0.4, -0.2) is 48.0 Å². The molecule has 3 aliphatic rings. The Bertz CT molecular complexity index is 624. The van der Waals surface area contributed by atoms with Gasteiger partial charge in [0.1, 0.15) is 5.76 Å². The van der Waals surface area contributed by atoms with E-state index in [9.17, 15) is 9.59 Å². The Kier molecular flexibility index (Phi) is 3.00. The van der Waals surface area contributed by atoms with E-state index in [-0.39, 0.29) is 17.7 Å². The summed E-state index contributed by atoms with van der Waals surface area (Å²) in [5, 5.41) is 0. The summed E-state index contributed by atoms with van der Waals surface area (Å²) in [4.78, 5) is 30.6. The number of fused-ring (bicyclic) bond motifs is 1. The molecule has 2 saturated heterocycles. The fourth-order valence-electron chi connectivity index (χ4n) is 3.71. The van der Waals surface area contributed by atoms with Crippen molar-refractivity contribution < 1.29 is 18.7 Å². The first-order chi connectivity index (χ1) is 10.6. The number of nitrogens with two attached hydrogens (primary N) is 1. The number of likely N-dealkylation sites (tertiary alicyclic amines) is 1. The quantitative estimate of drug-likeness (QED) is 0.877. The van der Waals surface area contributed by atoms with E-state index in [0.717, 1.165) is 12.8 Å². The van der Waals surface area contributed by atoms with Crippen molar-refractivity contribution in [1.29, 1.82) is 0 Å². The lowest BCUT2D eigenvalue weighted by molar-refractivity contribution is -0.135. The fraction of sp³-hybridized carbons (Fsp3) is 0.667. The highest BCUT2D eigenvalue weighted by Gasteiger charge is 2.54. The minimum atomic E-state index is -0.655. The van der Waals surface area contributed by atoms with Crippen LogP contribution in [0.3, 0.4) is 0 Å². The van der Waals surface area contributed by atoms with Crippen LogP contribution >= 0.6 is 0 Å². The van der Waals surface area contributed by atoms with Crippen molar-refractivity contribution >= 4 is 11.8 Å². The second kappa shape index (κ2) is 4.81. The maximum Gasteiger partial charge on any atom is 0.276 e. The van der Waals surface area contributed by atoms with Gasteiger partial charge in [-0.3, -0.25) is 9.59 Å². The Morgan fingerprint density at radius 1 is 1.41 bits per heavy atom. The lowest BCUT2D eigenvalue weighted by Gasteiger charge is -2.34. The maximum atomic E-state index is 12.8. The molecule has 1 saturated carbocycles. The van der Waals surface area contributed by atoms with Crippen LogP contribution in [0.25, 0.3) is 0 Å². The van der Waals surface area contributed by atoms with E-state index in [2.05, 4.69) is 4.98 Å². The van der Waals surface area contributed by atoms with Crippen molar-refractivity contribution in [2.24, 2.45) is 17.1 Å². The van der Waals surface area contributed by atoms with Crippen LogP contribution < -0.4 is 5.73 Å². The lowest BCUT2D eigenvalue weighted by atomic mass is 9.74. The Balaban J connectivity index is 1.60. The number of ether oxygens (including phenoxy) is 1. The summed E-state index contributed by atoms with van der Waals surface area (Å²) in [5.41, 5.74) is 5.38. The van der Waals surface area contributed by atoms with Crippen molar-refractivity contribution in [3.8, 4) is 0 Å². The van der Waals surface area contributed by atoms with Crippen molar-refractivity contribution in [2.75, 3.05) is 26.3 Å². The summed E-state index contributed by atoms with van der Waals surface area (Å²) >= 11 is 0. The fourth-order valence-corrected chi connectivity index (χ4v) is 3.71. The van der Waals surface area contributed by atoms with Crippen LogP contribution in [0.1, 0.15) is 41.4 Å². The number of hydrogen-bond donors (Lipinski definition) is 1. The van der Waals surface area contributed by atoms with Gasteiger partial charge in [0.05, 0.1) is 12.0 Å². The number of hydrogen-bond acceptors (Lipinski definition) is 5. The van der Waals surface area contributed by atoms with Gasteiger partial charge in [-0.2, -0.15) is 0 Å². The zero-order chi connectivity index (χ0) is 15.3. The number of oxazole rings is 1. The molecule has 2 N–H and O–H groups in total. The number of amides is 2. The van der Waals surface area contributed by atoms with Crippen LogP contribution in [0.15, 0.2) is 10.8 Å². The molecule has 0 bridgehead atoms. The van der Waals surface area contributed by atoms with Crippen molar-refractivity contribution in [3.05, 3.63) is 17.8 Å². The highest BCUT2D eigenvalue weighted by molar-refractivity contribution is 5.94. The number of aromatic nitrogens is 1. The molecule has 2 amide bonds. The molecular formula is C15H19N3O4. The molecule has 7 heteroatoms. The van der Waals surface area contributed by atoms with Crippen LogP contribution in [0.2, 0.25) is 0 Å². The molecule has 118 valence electrons. The van der Waals surface area contributed by atoms with Crippen LogP contribution in [0.4, 0.5) is 0 Å². The summed E-state index contributed by atoms with van der Waals surface area (Å²) in [6.45, 7) is 1.82. The van der Waals surface area contributed by atoms with Crippen molar-refractivity contribution in [1.82, 2.24) is 9.88 Å². The predicted octanol–water partition coefficient (Wildman–Crippen LogP) is 0.516. The molecule has 1 aliphatic carbocycles. The molecule has 7 nitrogen and oxygen atoms in total. The Morgan fingerprint density at radius 2 is 2.23 bits per heavy atom. The molecular weight excluding hydrogens is 286 g/mol. The Labute approximate surface area is 127 Å². The number of carbonyl (C=O) groups is 2. The molecule has 0 spiro atoms. The number of nitrogens with zero attached hydrogens (tertiary/aromatic N) is 2. The summed E-state index contributed by atoms with van der Waals surface area (Å²) in [7, 11) is 0. The SMILES string of the molecule is NC(=O)[C@]12CCOC[C@H]1CN(C(=O)c1ncoc1C1CC1)C2. The lowest BCUT2D eigenvalue weighted by Crippen LogP contribution is -2.48. The van der Waals surface area contributed by atoms with Crippen molar-refractivity contribution in [2.45, 2.75) is 25.2 Å². The second-order valence-electron chi connectivity index (χ2n) is 6.57. The van der Waals surface area contributed by atoms with Gasteiger partial charge in [-0.25, -0.2) is 4.98 Å². The van der Waals surface area contributed by atoms with Crippen LogP contribution in [0.5, 0.6) is 0 Å². The number of primary amides is 1. The van der Waals surface area contributed by atoms with E-state index in [1.807, 2.05) is 0 Å². The highest BCUT2D eigenvalue weighted by atomic mass is 16.5. The van der Waals surface area contributed by atoms with Gasteiger partial charge in [0.25, 0.3) is 5.91 Å². The Morgan fingerprint density at radius 3 is 2.91 bits per heavy atom. The van der Waals surface area contributed by atoms with E-state index in [1.54, 1.807) is 4.90 Å². The normalized spacial score (nSPS) is 31.1. The number of rotatable bonds is 3. The van der Waals surface area contributed by atoms with E-state index in [4.69, 9.17) is 14.9 Å². The van der Waals surface area contributed by atoms with Gasteiger partial charge < -0.3 is 19.8 Å². The van der Waals surface area contributed by atoms with Crippen LogP contribution in [-0.2, 0) is 9.53 Å². The maximum absolute atomic E-state index is 12.8. The molecule has 2 aliphatic heterocycles. The largest absolute Gasteiger partial charge is 0.447 e. The molecule has 22 heavy (non-hydrogen) atoms. The summed E-state index contributed by atoms with van der Waals surface area (Å²) in [5.74, 6) is 0.479. The summed E-state index contributed by atoms with van der Waals surface area (Å²) < 4.78 is 10.9.